The van der Waals surface area contributed by atoms with E-state index in [1.54, 1.807) is 12.3 Å². The van der Waals surface area contributed by atoms with Crippen LogP contribution in [-0.4, -0.2) is 16.7 Å². The fraction of sp³-hybridized carbons (Fsp3) is 0.143. The van der Waals surface area contributed by atoms with Gasteiger partial charge in [-0.25, -0.2) is 5.43 Å². The topological polar surface area (TPSA) is 46.4 Å². The van der Waals surface area contributed by atoms with E-state index < -0.39 is 0 Å². The van der Waals surface area contributed by atoms with Gasteiger partial charge in [-0.15, -0.1) is 0 Å². The average molecular weight is 583 g/mol. The molecule has 6 heteroatoms. The first-order valence-corrected chi connectivity index (χ1v) is 10.6. The minimum absolute atomic E-state index is 0.216. The van der Waals surface area contributed by atoms with Crippen LogP contribution in [0.15, 0.2) is 53.6 Å². The Balaban J connectivity index is 1.81. The fourth-order valence-electron chi connectivity index (χ4n) is 2.94. The largest absolute Gasteiger partial charge is 0.318 e. The second-order valence-corrected chi connectivity index (χ2v) is 8.71. The molecule has 0 saturated heterocycles. The van der Waals surface area contributed by atoms with E-state index in [-0.39, 0.29) is 5.91 Å². The zero-order valence-corrected chi connectivity index (χ0v) is 19.6. The van der Waals surface area contributed by atoms with E-state index >= 15 is 0 Å². The van der Waals surface area contributed by atoms with Crippen LogP contribution in [0.4, 0.5) is 0 Å². The zero-order valence-electron chi connectivity index (χ0n) is 15.3. The molecule has 0 aliphatic rings. The molecule has 0 atom stereocenters. The number of carbonyl (C=O) groups is 1. The van der Waals surface area contributed by atoms with Crippen molar-refractivity contribution in [3.8, 4) is 5.69 Å². The highest BCUT2D eigenvalue weighted by Crippen LogP contribution is 2.22. The minimum atomic E-state index is -0.216. The molecule has 4 nitrogen and oxygen atoms in total. The molecule has 0 spiro atoms. The molecule has 27 heavy (non-hydrogen) atoms. The normalized spacial score (nSPS) is 11.1. The van der Waals surface area contributed by atoms with Crippen LogP contribution in [0.1, 0.15) is 32.9 Å². The standard InChI is InChI=1S/C21H19I2N3O/c1-13-9-19(7-8-20(13)23)26-14(2)10-17(15(26)3)12-24-25-21(27)16-5-4-6-18(22)11-16/h4-12H,1-3H3,(H,25,27)/b24-12-. The maximum Gasteiger partial charge on any atom is 0.271 e. The quantitative estimate of drug-likeness (QED) is 0.251. The first kappa shape index (κ1) is 20.1. The van der Waals surface area contributed by atoms with Crippen molar-refractivity contribution in [3.63, 3.8) is 0 Å². The summed E-state index contributed by atoms with van der Waals surface area (Å²) in [6.45, 7) is 6.24. The number of aryl methyl sites for hydroxylation is 2. The summed E-state index contributed by atoms with van der Waals surface area (Å²) in [7, 11) is 0. The first-order valence-electron chi connectivity index (χ1n) is 8.41. The average Bonchev–Trinajstić information content (AvgIpc) is 2.91. The lowest BCUT2D eigenvalue weighted by Crippen LogP contribution is -2.17. The highest BCUT2D eigenvalue weighted by molar-refractivity contribution is 14.1. The van der Waals surface area contributed by atoms with Gasteiger partial charge in [-0.1, -0.05) is 6.07 Å². The Hall–Kier alpha value is -1.68. The summed E-state index contributed by atoms with van der Waals surface area (Å²) in [4.78, 5) is 12.2. The van der Waals surface area contributed by atoms with Crippen molar-refractivity contribution < 1.29 is 4.79 Å². The van der Waals surface area contributed by atoms with Gasteiger partial charge in [0.05, 0.1) is 6.21 Å². The number of nitrogens with zero attached hydrogens (tertiary/aromatic N) is 2. The number of rotatable bonds is 4. The molecule has 3 rings (SSSR count). The smallest absolute Gasteiger partial charge is 0.271 e. The Morgan fingerprint density at radius 3 is 2.56 bits per heavy atom. The van der Waals surface area contributed by atoms with E-state index in [9.17, 15) is 4.79 Å². The van der Waals surface area contributed by atoms with Crippen LogP contribution in [0, 0.1) is 27.9 Å². The zero-order chi connectivity index (χ0) is 19.6. The van der Waals surface area contributed by atoms with Gasteiger partial charge in [0.1, 0.15) is 0 Å². The maximum atomic E-state index is 12.2. The van der Waals surface area contributed by atoms with E-state index in [0.717, 1.165) is 26.2 Å². The fourth-order valence-corrected chi connectivity index (χ4v) is 3.82. The maximum absolute atomic E-state index is 12.2. The van der Waals surface area contributed by atoms with Crippen LogP contribution >= 0.6 is 45.2 Å². The van der Waals surface area contributed by atoms with E-state index in [1.165, 1.54) is 9.13 Å². The van der Waals surface area contributed by atoms with Crippen LogP contribution in [0.25, 0.3) is 5.69 Å². The van der Waals surface area contributed by atoms with Crippen molar-refractivity contribution >= 4 is 57.3 Å². The van der Waals surface area contributed by atoms with Crippen LogP contribution in [-0.2, 0) is 0 Å². The van der Waals surface area contributed by atoms with E-state index in [2.05, 4.69) is 105 Å². The molecule has 138 valence electrons. The van der Waals surface area contributed by atoms with E-state index in [1.807, 2.05) is 18.2 Å². The molecular weight excluding hydrogens is 564 g/mol. The van der Waals surface area contributed by atoms with Gasteiger partial charge in [0.25, 0.3) is 5.91 Å². The summed E-state index contributed by atoms with van der Waals surface area (Å²) in [6.07, 6.45) is 1.70. The molecule has 1 heterocycles. The lowest BCUT2D eigenvalue weighted by atomic mass is 10.2. The van der Waals surface area contributed by atoms with Gasteiger partial charge in [-0.2, -0.15) is 5.10 Å². The number of amides is 1. The van der Waals surface area contributed by atoms with Crippen LogP contribution in [0.2, 0.25) is 0 Å². The molecule has 0 fully saturated rings. The number of benzene rings is 2. The Bertz CT molecular complexity index is 1040. The molecule has 0 saturated carbocycles. The monoisotopic (exact) mass is 583 g/mol. The molecule has 0 unspecified atom stereocenters. The van der Waals surface area contributed by atoms with Crippen molar-refractivity contribution in [2.45, 2.75) is 20.8 Å². The molecule has 0 radical (unpaired) electrons. The van der Waals surface area contributed by atoms with Crippen molar-refractivity contribution in [3.05, 3.63) is 83.7 Å². The summed E-state index contributed by atoms with van der Waals surface area (Å²) in [5, 5.41) is 4.15. The van der Waals surface area contributed by atoms with Gasteiger partial charge < -0.3 is 4.57 Å². The van der Waals surface area contributed by atoms with Crippen molar-refractivity contribution in [1.29, 1.82) is 0 Å². The third-order valence-electron chi connectivity index (χ3n) is 4.33. The van der Waals surface area contributed by atoms with Crippen molar-refractivity contribution in [1.82, 2.24) is 9.99 Å². The second kappa shape index (κ2) is 8.55. The number of aromatic nitrogens is 1. The number of nitrogens with one attached hydrogen (secondary N) is 1. The summed E-state index contributed by atoms with van der Waals surface area (Å²) >= 11 is 4.53. The number of hydrazone groups is 1. The third-order valence-corrected chi connectivity index (χ3v) is 6.21. The first-order chi connectivity index (χ1) is 12.9. The lowest BCUT2D eigenvalue weighted by Gasteiger charge is -2.11. The predicted molar refractivity (Wildman–Crippen MR) is 127 cm³/mol. The van der Waals surface area contributed by atoms with Crippen molar-refractivity contribution in [2.24, 2.45) is 5.10 Å². The van der Waals surface area contributed by atoms with E-state index in [4.69, 9.17) is 0 Å². The molecular formula is C21H19I2N3O. The van der Waals surface area contributed by atoms with Crippen LogP contribution in [0.3, 0.4) is 0 Å². The van der Waals surface area contributed by atoms with E-state index in [0.29, 0.717) is 5.56 Å². The Morgan fingerprint density at radius 1 is 1.07 bits per heavy atom. The molecule has 1 N–H and O–H groups in total. The molecule has 2 aromatic carbocycles. The molecule has 1 amide bonds. The second-order valence-electron chi connectivity index (χ2n) is 6.30. The van der Waals surface area contributed by atoms with Gasteiger partial charge in [0.2, 0.25) is 0 Å². The summed E-state index contributed by atoms with van der Waals surface area (Å²) in [5.74, 6) is -0.216. The van der Waals surface area contributed by atoms with Crippen LogP contribution < -0.4 is 5.43 Å². The lowest BCUT2D eigenvalue weighted by molar-refractivity contribution is 0.0955. The van der Waals surface area contributed by atoms with Crippen LogP contribution in [0.5, 0.6) is 0 Å². The van der Waals surface area contributed by atoms with Gasteiger partial charge in [-0.3, -0.25) is 4.79 Å². The summed E-state index contributed by atoms with van der Waals surface area (Å²) in [5.41, 5.74) is 8.77. The van der Waals surface area contributed by atoms with Gasteiger partial charge in [0, 0.05) is 35.3 Å². The molecule has 0 bridgehead atoms. The summed E-state index contributed by atoms with van der Waals surface area (Å²) < 4.78 is 4.46. The molecule has 1 aromatic heterocycles. The highest BCUT2D eigenvalue weighted by atomic mass is 127. The minimum Gasteiger partial charge on any atom is -0.318 e. The predicted octanol–water partition coefficient (Wildman–Crippen LogP) is 5.38. The third kappa shape index (κ3) is 4.60. The number of hydrogen-bond donors (Lipinski definition) is 1. The number of halogens is 2. The Labute approximate surface area is 186 Å². The SMILES string of the molecule is Cc1cc(-n2c(C)cc(/C=N\NC(=O)c3cccc(I)c3)c2C)ccc1I. The van der Waals surface area contributed by atoms with Gasteiger partial charge >= 0.3 is 0 Å². The Kier molecular flexibility index (Phi) is 6.36. The number of carbonyl (C=O) groups excluding carboxylic acids is 1. The Morgan fingerprint density at radius 2 is 1.85 bits per heavy atom. The highest BCUT2D eigenvalue weighted by Gasteiger charge is 2.10. The van der Waals surface area contributed by atoms with Crippen molar-refractivity contribution in [2.75, 3.05) is 0 Å². The summed E-state index contributed by atoms with van der Waals surface area (Å²) in [6, 6.07) is 15.9. The van der Waals surface area contributed by atoms with Gasteiger partial charge in [-0.05, 0) is 114 Å². The number of hydrogen-bond acceptors (Lipinski definition) is 2. The molecule has 0 aliphatic carbocycles. The molecule has 3 aromatic rings. The molecule has 0 aliphatic heterocycles. The van der Waals surface area contributed by atoms with Gasteiger partial charge in [0.15, 0.2) is 0 Å².